The Morgan fingerprint density at radius 3 is 1.94 bits per heavy atom. The predicted molar refractivity (Wildman–Crippen MR) is 67.9 cm³/mol. The largest absolute Gasteiger partial charge is 0.386 e. The van der Waals surface area contributed by atoms with Crippen molar-refractivity contribution in [3.05, 3.63) is 0 Å². The highest BCUT2D eigenvalue weighted by Gasteiger charge is 2.34. The second-order valence-corrected chi connectivity index (χ2v) is 8.58. The minimum Gasteiger partial charge on any atom is -0.386 e. The van der Waals surface area contributed by atoms with E-state index < -0.39 is 13.5 Å². The number of hydrogen-bond acceptors (Lipinski definition) is 2. The van der Waals surface area contributed by atoms with Gasteiger partial charge in [0, 0.05) is 13.1 Å². The van der Waals surface area contributed by atoms with Crippen LogP contribution in [0.25, 0.3) is 0 Å². The molecule has 0 saturated carbocycles. The number of aliphatic hydroxyl groups excluding tert-OH is 1. The Balaban J connectivity index is 4.70. The predicted octanol–water partition coefficient (Wildman–Crippen LogP) is 1.37. The third-order valence-electron chi connectivity index (χ3n) is 2.68. The molecule has 0 aromatic carbocycles. The van der Waals surface area contributed by atoms with Gasteiger partial charge in [0.15, 0.2) is 7.37 Å². The number of hydrogen-bond donors (Lipinski definition) is 2. The van der Waals surface area contributed by atoms with Crippen LogP contribution in [0.1, 0.15) is 20.3 Å². The average Bonchev–Trinajstić information content (AvgIpc) is 1.93. The molecule has 0 aromatic heterocycles. The molecule has 0 rings (SSSR count). The molecular weight excluding hydrogens is 225 g/mol. The molecule has 3 atom stereocenters. The normalized spacial score (nSPS) is 20.6. The summed E-state index contributed by atoms with van der Waals surface area (Å²) in [6, 6.07) is 0.000394. The van der Waals surface area contributed by atoms with Gasteiger partial charge in [-0.05, 0) is 5.92 Å². The van der Waals surface area contributed by atoms with E-state index in [-0.39, 0.29) is 12.2 Å². The number of nitrogens with zero attached hydrogens (tertiary/aromatic N) is 1. The van der Waals surface area contributed by atoms with Crippen molar-refractivity contribution < 1.29 is 19.0 Å². The second kappa shape index (κ2) is 5.63. The molecule has 0 amide bonds. The van der Waals surface area contributed by atoms with Crippen molar-refractivity contribution in [2.45, 2.75) is 32.4 Å². The molecule has 0 aliphatic heterocycles. The molecule has 5 heteroatoms. The summed E-state index contributed by atoms with van der Waals surface area (Å²) < 4.78 is 11.9. The molecule has 16 heavy (non-hydrogen) atoms. The van der Waals surface area contributed by atoms with Gasteiger partial charge >= 0.3 is 0 Å². The zero-order valence-electron chi connectivity index (χ0n) is 11.3. The summed E-state index contributed by atoms with van der Waals surface area (Å²) in [5.41, 5.74) is 0. The van der Waals surface area contributed by atoms with Crippen molar-refractivity contribution in [3.63, 3.8) is 0 Å². The third-order valence-corrected chi connectivity index (χ3v) is 3.73. The highest BCUT2D eigenvalue weighted by molar-refractivity contribution is 7.57. The first-order valence-electron chi connectivity index (χ1n) is 5.72. The molecule has 0 bridgehead atoms. The van der Waals surface area contributed by atoms with Gasteiger partial charge in [-0.2, -0.15) is 0 Å². The van der Waals surface area contributed by atoms with Gasteiger partial charge < -0.3 is 14.5 Å². The lowest BCUT2D eigenvalue weighted by Gasteiger charge is -2.38. The first-order valence-corrected chi connectivity index (χ1v) is 8.01. The van der Waals surface area contributed by atoms with Crippen molar-refractivity contribution in [2.75, 3.05) is 34.0 Å². The van der Waals surface area contributed by atoms with Crippen LogP contribution >= 0.6 is 7.37 Å². The van der Waals surface area contributed by atoms with E-state index in [9.17, 15) is 14.6 Å². The number of rotatable bonds is 6. The van der Waals surface area contributed by atoms with E-state index in [1.807, 2.05) is 21.1 Å². The molecular formula is C11H27NO3P+. The fourth-order valence-electron chi connectivity index (χ4n) is 1.94. The van der Waals surface area contributed by atoms with Gasteiger partial charge in [0.1, 0.15) is 12.1 Å². The van der Waals surface area contributed by atoms with Gasteiger partial charge in [-0.1, -0.05) is 13.8 Å². The van der Waals surface area contributed by atoms with Crippen LogP contribution in [0.3, 0.4) is 0 Å². The molecule has 4 nitrogen and oxygen atoms in total. The second-order valence-electron chi connectivity index (χ2n) is 6.11. The first kappa shape index (κ1) is 16.1. The Kier molecular flexibility index (Phi) is 5.67. The van der Waals surface area contributed by atoms with Gasteiger partial charge in [-0.25, -0.2) is 0 Å². The van der Waals surface area contributed by atoms with Crippen LogP contribution in [0, 0.1) is 5.92 Å². The Morgan fingerprint density at radius 2 is 1.69 bits per heavy atom. The molecule has 0 aliphatic rings. The van der Waals surface area contributed by atoms with Gasteiger partial charge in [-0.15, -0.1) is 0 Å². The van der Waals surface area contributed by atoms with Crippen LogP contribution in [0.5, 0.6) is 0 Å². The Hall–Kier alpha value is 0.110. The van der Waals surface area contributed by atoms with E-state index in [0.717, 1.165) is 6.42 Å². The summed E-state index contributed by atoms with van der Waals surface area (Å²) in [6.07, 6.45) is 0.119. The first-order chi connectivity index (χ1) is 6.93. The average molecular weight is 252 g/mol. The Labute approximate surface area is 99.3 Å². The maximum atomic E-state index is 11.3. The lowest BCUT2D eigenvalue weighted by molar-refractivity contribution is -0.900. The summed E-state index contributed by atoms with van der Waals surface area (Å²) in [6.45, 7) is 5.50. The third kappa shape index (κ3) is 6.64. The van der Waals surface area contributed by atoms with Crippen LogP contribution in [0.4, 0.5) is 0 Å². The van der Waals surface area contributed by atoms with Crippen molar-refractivity contribution in [2.24, 2.45) is 5.92 Å². The molecule has 3 unspecified atom stereocenters. The molecule has 0 saturated heterocycles. The summed E-state index contributed by atoms with van der Waals surface area (Å²) in [7, 11) is 2.88. The van der Waals surface area contributed by atoms with Crippen molar-refractivity contribution in [3.8, 4) is 0 Å². The Morgan fingerprint density at radius 1 is 1.25 bits per heavy atom. The molecule has 0 aliphatic carbocycles. The fourth-order valence-corrected chi connectivity index (χ4v) is 2.88. The van der Waals surface area contributed by atoms with E-state index in [1.165, 1.54) is 6.66 Å². The molecule has 0 fully saturated rings. The summed E-state index contributed by atoms with van der Waals surface area (Å²) >= 11 is 0. The minimum absolute atomic E-state index is 0.000394. The van der Waals surface area contributed by atoms with Gasteiger partial charge in [0.25, 0.3) is 0 Å². The van der Waals surface area contributed by atoms with Gasteiger partial charge in [0.05, 0.1) is 27.3 Å². The van der Waals surface area contributed by atoms with Gasteiger partial charge in [-0.3, -0.25) is 4.57 Å². The number of quaternary nitrogens is 1. The standard InChI is InChI=1S/C11H26NO3P/c1-9(2)7-10(12(3,4)5)11(13)8-16(6,14)15/h9-11,13H,7-8H2,1-6H3/p+1. The summed E-state index contributed by atoms with van der Waals surface area (Å²) in [5.74, 6) is 0.465. The van der Waals surface area contributed by atoms with Crippen LogP contribution in [0.2, 0.25) is 0 Å². The zero-order chi connectivity index (χ0) is 13.1. The SMILES string of the molecule is CC(C)CC(C(O)CP(C)(=O)O)[N+](C)(C)C. The van der Waals surface area contributed by atoms with E-state index >= 15 is 0 Å². The quantitative estimate of drug-likeness (QED) is 0.554. The van der Waals surface area contributed by atoms with E-state index in [0.29, 0.717) is 10.4 Å². The van der Waals surface area contributed by atoms with Crippen LogP contribution in [-0.2, 0) is 4.57 Å². The van der Waals surface area contributed by atoms with Crippen molar-refractivity contribution >= 4 is 7.37 Å². The molecule has 0 aromatic rings. The Bertz CT molecular complexity index is 254. The minimum atomic E-state index is -3.15. The van der Waals surface area contributed by atoms with Crippen LogP contribution < -0.4 is 0 Å². The molecule has 98 valence electrons. The number of likely N-dealkylation sites (N-methyl/N-ethyl adjacent to an activating group) is 1. The summed E-state index contributed by atoms with van der Waals surface area (Å²) in [4.78, 5) is 9.33. The van der Waals surface area contributed by atoms with E-state index in [2.05, 4.69) is 13.8 Å². The van der Waals surface area contributed by atoms with E-state index in [1.54, 1.807) is 0 Å². The lowest BCUT2D eigenvalue weighted by atomic mass is 9.97. The van der Waals surface area contributed by atoms with Crippen LogP contribution in [0.15, 0.2) is 0 Å². The lowest BCUT2D eigenvalue weighted by Crippen LogP contribution is -2.53. The fraction of sp³-hybridized carbons (Fsp3) is 1.00. The van der Waals surface area contributed by atoms with Crippen molar-refractivity contribution in [1.29, 1.82) is 0 Å². The smallest absolute Gasteiger partial charge is 0.200 e. The monoisotopic (exact) mass is 252 g/mol. The van der Waals surface area contributed by atoms with Gasteiger partial charge in [0.2, 0.25) is 0 Å². The maximum absolute atomic E-state index is 11.3. The van der Waals surface area contributed by atoms with Crippen molar-refractivity contribution in [1.82, 2.24) is 0 Å². The molecule has 0 radical (unpaired) electrons. The molecule has 2 N–H and O–H groups in total. The molecule has 0 heterocycles. The van der Waals surface area contributed by atoms with E-state index in [4.69, 9.17) is 0 Å². The highest BCUT2D eigenvalue weighted by Crippen LogP contribution is 2.37. The summed E-state index contributed by atoms with van der Waals surface area (Å²) in [5, 5.41) is 10.1. The molecule has 0 spiro atoms. The highest BCUT2D eigenvalue weighted by atomic mass is 31.2. The topological polar surface area (TPSA) is 57.5 Å². The zero-order valence-corrected chi connectivity index (χ0v) is 12.2. The van der Waals surface area contributed by atoms with Crippen LogP contribution in [-0.4, -0.2) is 60.6 Å². The maximum Gasteiger partial charge on any atom is 0.200 e. The number of aliphatic hydroxyl groups is 1.